The highest BCUT2D eigenvalue weighted by Crippen LogP contribution is 2.25. The lowest BCUT2D eigenvalue weighted by molar-refractivity contribution is 0.101. The normalized spacial score (nSPS) is 10.7. The van der Waals surface area contributed by atoms with Crippen LogP contribution < -0.4 is 15.8 Å². The van der Waals surface area contributed by atoms with Crippen molar-refractivity contribution in [3.63, 3.8) is 0 Å². The lowest BCUT2D eigenvalue weighted by Crippen LogP contribution is -2.15. The van der Waals surface area contributed by atoms with Crippen molar-refractivity contribution in [3.8, 4) is 5.75 Å². The van der Waals surface area contributed by atoms with E-state index < -0.39 is 0 Å². The molecule has 6 heteroatoms. The van der Waals surface area contributed by atoms with Gasteiger partial charge in [-0.05, 0) is 68.4 Å². The average Bonchev–Trinajstić information content (AvgIpc) is 2.78. The van der Waals surface area contributed by atoms with Crippen LogP contribution in [0.2, 0.25) is 0 Å². The fourth-order valence-corrected chi connectivity index (χ4v) is 3.48. The van der Waals surface area contributed by atoms with Crippen LogP contribution in [-0.2, 0) is 6.61 Å². The zero-order valence-corrected chi connectivity index (χ0v) is 17.9. The van der Waals surface area contributed by atoms with Gasteiger partial charge in [-0.1, -0.05) is 18.2 Å². The molecule has 0 radical (unpaired) electrons. The first kappa shape index (κ1) is 21.1. The number of amides is 1. The summed E-state index contributed by atoms with van der Waals surface area (Å²) in [7, 11) is 0. The molecule has 32 heavy (non-hydrogen) atoms. The number of Topliss-reactive ketones (excluding diaryl/α,β-unsaturated/α-hetero) is 1. The van der Waals surface area contributed by atoms with E-state index in [1.807, 2.05) is 49.4 Å². The Morgan fingerprint density at radius 2 is 1.75 bits per heavy atom. The van der Waals surface area contributed by atoms with Gasteiger partial charge < -0.3 is 15.8 Å². The van der Waals surface area contributed by atoms with Crippen LogP contribution in [0.5, 0.6) is 5.75 Å². The minimum Gasteiger partial charge on any atom is -0.489 e. The molecular formula is C26H23N3O3. The second kappa shape index (κ2) is 8.89. The molecule has 1 amide bonds. The number of ketones is 1. The van der Waals surface area contributed by atoms with Crippen molar-refractivity contribution in [3.05, 3.63) is 95.2 Å². The number of nitrogens with zero attached hydrogens (tertiary/aromatic N) is 1. The maximum atomic E-state index is 13.0. The number of nitrogen functional groups attached to an aromatic ring is 1. The topological polar surface area (TPSA) is 94.3 Å². The summed E-state index contributed by atoms with van der Waals surface area (Å²) in [5.41, 5.74) is 10.9. The van der Waals surface area contributed by atoms with E-state index in [2.05, 4.69) is 10.3 Å². The van der Waals surface area contributed by atoms with Gasteiger partial charge in [-0.25, -0.2) is 0 Å². The SMILES string of the molecule is CC(=O)c1ccc(OCc2ccccc2C(=O)Nc2ccc3nc(C)cc(N)c3c2)cc1. The third-order valence-corrected chi connectivity index (χ3v) is 5.14. The summed E-state index contributed by atoms with van der Waals surface area (Å²) in [5, 5.41) is 3.73. The van der Waals surface area contributed by atoms with Crippen LogP contribution in [0, 0.1) is 6.92 Å². The summed E-state index contributed by atoms with van der Waals surface area (Å²) in [6, 6.07) is 21.5. The van der Waals surface area contributed by atoms with Crippen molar-refractivity contribution in [1.29, 1.82) is 0 Å². The van der Waals surface area contributed by atoms with Gasteiger partial charge in [-0.15, -0.1) is 0 Å². The van der Waals surface area contributed by atoms with Gasteiger partial charge in [0.05, 0.1) is 5.52 Å². The molecule has 6 nitrogen and oxygen atoms in total. The summed E-state index contributed by atoms with van der Waals surface area (Å²) in [5.74, 6) is 0.382. The van der Waals surface area contributed by atoms with Gasteiger partial charge in [0, 0.05) is 39.1 Å². The Hall–Kier alpha value is -4.19. The summed E-state index contributed by atoms with van der Waals surface area (Å²) in [4.78, 5) is 28.9. The van der Waals surface area contributed by atoms with Crippen LogP contribution in [0.3, 0.4) is 0 Å². The lowest BCUT2D eigenvalue weighted by atomic mass is 10.1. The maximum Gasteiger partial charge on any atom is 0.256 e. The molecular weight excluding hydrogens is 402 g/mol. The molecule has 0 fully saturated rings. The molecule has 0 saturated carbocycles. The quantitative estimate of drug-likeness (QED) is 0.416. The molecule has 0 saturated heterocycles. The smallest absolute Gasteiger partial charge is 0.256 e. The Morgan fingerprint density at radius 1 is 1.00 bits per heavy atom. The van der Waals surface area contributed by atoms with Crippen LogP contribution >= 0.6 is 0 Å². The van der Waals surface area contributed by atoms with Crippen LogP contribution in [0.1, 0.15) is 38.9 Å². The van der Waals surface area contributed by atoms with Crippen molar-refractivity contribution in [1.82, 2.24) is 4.98 Å². The highest BCUT2D eigenvalue weighted by molar-refractivity contribution is 6.06. The number of fused-ring (bicyclic) bond motifs is 1. The van der Waals surface area contributed by atoms with Gasteiger partial charge in [0.1, 0.15) is 12.4 Å². The predicted molar refractivity (Wildman–Crippen MR) is 126 cm³/mol. The van der Waals surface area contributed by atoms with E-state index in [1.54, 1.807) is 30.3 Å². The van der Waals surface area contributed by atoms with E-state index in [-0.39, 0.29) is 18.3 Å². The van der Waals surface area contributed by atoms with Crippen LogP contribution in [0.15, 0.2) is 72.8 Å². The van der Waals surface area contributed by atoms with E-state index in [4.69, 9.17) is 10.5 Å². The number of nitrogens with one attached hydrogen (secondary N) is 1. The summed E-state index contributed by atoms with van der Waals surface area (Å²) >= 11 is 0. The minimum absolute atomic E-state index is 0.0000655. The molecule has 0 aliphatic carbocycles. The third-order valence-electron chi connectivity index (χ3n) is 5.14. The molecule has 4 rings (SSSR count). The van der Waals surface area contributed by atoms with Crippen molar-refractivity contribution in [2.24, 2.45) is 0 Å². The Balaban J connectivity index is 1.51. The maximum absolute atomic E-state index is 13.0. The van der Waals surface area contributed by atoms with Gasteiger partial charge in [0.2, 0.25) is 0 Å². The van der Waals surface area contributed by atoms with Gasteiger partial charge in [0.15, 0.2) is 5.78 Å². The van der Waals surface area contributed by atoms with Crippen molar-refractivity contribution < 1.29 is 14.3 Å². The molecule has 0 aliphatic heterocycles. The Labute approximate surface area is 186 Å². The standard InChI is InChI=1S/C26H23N3O3/c1-16-13-24(27)23-14-20(9-12-25(23)28-16)29-26(31)22-6-4-3-5-19(22)15-32-21-10-7-18(8-11-21)17(2)30/h3-14H,15H2,1-2H3,(H2,27,28)(H,29,31). The highest BCUT2D eigenvalue weighted by atomic mass is 16.5. The second-order valence-corrected chi connectivity index (χ2v) is 7.57. The zero-order valence-electron chi connectivity index (χ0n) is 17.9. The molecule has 0 bridgehead atoms. The first-order chi connectivity index (χ1) is 15.4. The zero-order chi connectivity index (χ0) is 22.7. The van der Waals surface area contributed by atoms with Gasteiger partial charge in [0.25, 0.3) is 5.91 Å². The van der Waals surface area contributed by atoms with Crippen molar-refractivity contribution >= 4 is 34.0 Å². The summed E-state index contributed by atoms with van der Waals surface area (Å²) < 4.78 is 5.84. The van der Waals surface area contributed by atoms with Crippen LogP contribution in [0.4, 0.5) is 11.4 Å². The molecule has 3 aromatic carbocycles. The number of benzene rings is 3. The molecule has 0 spiro atoms. The number of anilines is 2. The van der Waals surface area contributed by atoms with E-state index in [9.17, 15) is 9.59 Å². The predicted octanol–water partition coefficient (Wildman–Crippen LogP) is 5.16. The number of aryl methyl sites for hydroxylation is 1. The molecule has 0 unspecified atom stereocenters. The summed E-state index contributed by atoms with van der Waals surface area (Å²) in [6.45, 7) is 3.63. The fourth-order valence-electron chi connectivity index (χ4n) is 3.48. The molecule has 160 valence electrons. The monoisotopic (exact) mass is 425 g/mol. The number of ether oxygens (including phenoxy) is 1. The van der Waals surface area contributed by atoms with Crippen molar-refractivity contribution in [2.75, 3.05) is 11.1 Å². The van der Waals surface area contributed by atoms with E-state index in [0.717, 1.165) is 22.2 Å². The van der Waals surface area contributed by atoms with Gasteiger partial charge in [-0.3, -0.25) is 14.6 Å². The van der Waals surface area contributed by atoms with E-state index >= 15 is 0 Å². The highest BCUT2D eigenvalue weighted by Gasteiger charge is 2.13. The number of hydrogen-bond donors (Lipinski definition) is 2. The van der Waals surface area contributed by atoms with E-state index in [1.165, 1.54) is 6.92 Å². The molecule has 1 heterocycles. The number of rotatable bonds is 6. The van der Waals surface area contributed by atoms with Gasteiger partial charge in [-0.2, -0.15) is 0 Å². The van der Waals surface area contributed by atoms with E-state index in [0.29, 0.717) is 28.3 Å². The first-order valence-corrected chi connectivity index (χ1v) is 10.2. The van der Waals surface area contributed by atoms with Crippen LogP contribution in [-0.4, -0.2) is 16.7 Å². The molecule has 4 aromatic rings. The molecule has 1 aromatic heterocycles. The lowest BCUT2D eigenvalue weighted by Gasteiger charge is -2.12. The number of pyridine rings is 1. The third kappa shape index (κ3) is 4.59. The number of carbonyl (C=O) groups excluding carboxylic acids is 2. The fraction of sp³-hybridized carbons (Fsp3) is 0.115. The number of hydrogen-bond acceptors (Lipinski definition) is 5. The van der Waals surface area contributed by atoms with Crippen molar-refractivity contribution in [2.45, 2.75) is 20.5 Å². The largest absolute Gasteiger partial charge is 0.489 e. The minimum atomic E-state index is -0.242. The summed E-state index contributed by atoms with van der Waals surface area (Å²) in [6.07, 6.45) is 0. The number of aromatic nitrogens is 1. The first-order valence-electron chi connectivity index (χ1n) is 10.2. The average molecular weight is 425 g/mol. The molecule has 3 N–H and O–H groups in total. The Morgan fingerprint density at radius 3 is 2.50 bits per heavy atom. The molecule has 0 aliphatic rings. The Bertz CT molecular complexity index is 1310. The van der Waals surface area contributed by atoms with Crippen LogP contribution in [0.25, 0.3) is 10.9 Å². The second-order valence-electron chi connectivity index (χ2n) is 7.57. The van der Waals surface area contributed by atoms with Gasteiger partial charge >= 0.3 is 0 Å². The Kier molecular flexibility index (Phi) is 5.85. The molecule has 0 atom stereocenters. The number of carbonyl (C=O) groups is 2. The number of nitrogens with two attached hydrogens (primary N) is 1.